The normalized spacial score (nSPS) is 10.6. The van der Waals surface area contributed by atoms with Crippen LogP contribution in [0.4, 0.5) is 0 Å². The first kappa shape index (κ1) is 13.9. The van der Waals surface area contributed by atoms with E-state index in [1.807, 2.05) is 22.9 Å². The van der Waals surface area contributed by atoms with Gasteiger partial charge in [-0.1, -0.05) is 0 Å². The van der Waals surface area contributed by atoms with Gasteiger partial charge in [-0.05, 0) is 47.6 Å². The van der Waals surface area contributed by atoms with Gasteiger partial charge in [0.25, 0.3) is 0 Å². The SMILES string of the molecule is CC(=O)c1csc(SSc2cc(C(C)=O)cs2)c1. The molecule has 0 aliphatic heterocycles. The van der Waals surface area contributed by atoms with Crippen LogP contribution in [0.1, 0.15) is 34.6 Å². The molecule has 2 aromatic heterocycles. The molecule has 0 aromatic carbocycles. The van der Waals surface area contributed by atoms with Crippen LogP contribution >= 0.6 is 44.3 Å². The smallest absolute Gasteiger partial charge is 0.160 e. The van der Waals surface area contributed by atoms with Crippen LogP contribution in [0.5, 0.6) is 0 Å². The zero-order valence-electron chi connectivity index (χ0n) is 9.76. The first-order valence-electron chi connectivity index (χ1n) is 5.09. The Morgan fingerprint density at radius 2 is 1.28 bits per heavy atom. The molecular formula is C12H10O2S4. The lowest BCUT2D eigenvalue weighted by molar-refractivity contribution is 0.100. The summed E-state index contributed by atoms with van der Waals surface area (Å²) in [5.74, 6) is 0.191. The average Bonchev–Trinajstić information content (AvgIpc) is 2.95. The first-order valence-corrected chi connectivity index (χ1v) is 9.00. The molecule has 0 atom stereocenters. The minimum absolute atomic E-state index is 0.0955. The van der Waals surface area contributed by atoms with E-state index >= 15 is 0 Å². The van der Waals surface area contributed by atoms with Crippen molar-refractivity contribution in [1.82, 2.24) is 0 Å². The molecule has 0 saturated heterocycles. The standard InChI is InChI=1S/C12H10O2S4/c1-7(13)9-3-11(15-5-9)17-18-12-4-10(6-16-12)8(2)14/h3-6H,1-2H3. The monoisotopic (exact) mass is 314 g/mol. The minimum Gasteiger partial charge on any atom is -0.294 e. The average molecular weight is 314 g/mol. The van der Waals surface area contributed by atoms with Gasteiger partial charge in [0.1, 0.15) is 0 Å². The number of Topliss-reactive ketones (excluding diaryl/α,β-unsaturated/α-hetero) is 2. The zero-order chi connectivity index (χ0) is 13.1. The van der Waals surface area contributed by atoms with E-state index in [1.54, 1.807) is 58.1 Å². The van der Waals surface area contributed by atoms with Gasteiger partial charge in [-0.2, -0.15) is 0 Å². The molecule has 0 N–H and O–H groups in total. The van der Waals surface area contributed by atoms with E-state index in [-0.39, 0.29) is 11.6 Å². The van der Waals surface area contributed by atoms with Crippen molar-refractivity contribution in [1.29, 1.82) is 0 Å². The molecule has 2 nitrogen and oxygen atoms in total. The third kappa shape index (κ3) is 3.47. The van der Waals surface area contributed by atoms with Crippen molar-refractivity contribution in [3.05, 3.63) is 34.0 Å². The Labute approximate surface area is 121 Å². The maximum atomic E-state index is 11.2. The lowest BCUT2D eigenvalue weighted by atomic mass is 10.2. The van der Waals surface area contributed by atoms with E-state index in [1.165, 1.54) is 0 Å². The predicted molar refractivity (Wildman–Crippen MR) is 80.4 cm³/mol. The molecule has 0 spiro atoms. The fourth-order valence-electron chi connectivity index (χ4n) is 1.17. The first-order chi connectivity index (χ1) is 8.56. The van der Waals surface area contributed by atoms with Gasteiger partial charge in [-0.15, -0.1) is 22.7 Å². The number of thiophene rings is 2. The predicted octanol–water partition coefficient (Wildman–Crippen LogP) is 5.01. The van der Waals surface area contributed by atoms with Crippen molar-refractivity contribution in [2.45, 2.75) is 22.3 Å². The van der Waals surface area contributed by atoms with Crippen LogP contribution in [0.25, 0.3) is 0 Å². The summed E-state index contributed by atoms with van der Waals surface area (Å²) in [6.07, 6.45) is 0. The Morgan fingerprint density at radius 3 is 1.56 bits per heavy atom. The van der Waals surface area contributed by atoms with Crippen molar-refractivity contribution < 1.29 is 9.59 Å². The summed E-state index contributed by atoms with van der Waals surface area (Å²) < 4.78 is 2.20. The Kier molecular flexibility index (Phi) is 4.66. The van der Waals surface area contributed by atoms with E-state index in [4.69, 9.17) is 0 Å². The van der Waals surface area contributed by atoms with Crippen LogP contribution in [0.3, 0.4) is 0 Å². The van der Waals surface area contributed by atoms with Gasteiger partial charge in [-0.3, -0.25) is 9.59 Å². The van der Waals surface area contributed by atoms with Crippen LogP contribution in [-0.4, -0.2) is 11.6 Å². The van der Waals surface area contributed by atoms with Gasteiger partial charge in [0.2, 0.25) is 0 Å². The van der Waals surface area contributed by atoms with E-state index in [2.05, 4.69) is 0 Å². The Bertz CT molecular complexity index is 530. The summed E-state index contributed by atoms with van der Waals surface area (Å²) >= 11 is 3.14. The van der Waals surface area contributed by atoms with Crippen LogP contribution in [-0.2, 0) is 0 Å². The zero-order valence-corrected chi connectivity index (χ0v) is 13.0. The molecule has 18 heavy (non-hydrogen) atoms. The van der Waals surface area contributed by atoms with Gasteiger partial charge in [0.15, 0.2) is 11.6 Å². The molecule has 6 heteroatoms. The highest BCUT2D eigenvalue weighted by Crippen LogP contribution is 2.42. The van der Waals surface area contributed by atoms with Gasteiger partial charge < -0.3 is 0 Å². The van der Waals surface area contributed by atoms with Crippen molar-refractivity contribution in [3.63, 3.8) is 0 Å². The second kappa shape index (κ2) is 6.06. The second-order valence-corrected chi connectivity index (χ2v) is 8.14. The van der Waals surface area contributed by atoms with Crippen LogP contribution in [0.15, 0.2) is 31.3 Å². The number of hydrogen-bond donors (Lipinski definition) is 0. The van der Waals surface area contributed by atoms with E-state index in [9.17, 15) is 9.59 Å². The maximum absolute atomic E-state index is 11.2. The van der Waals surface area contributed by atoms with Crippen molar-refractivity contribution in [2.24, 2.45) is 0 Å². The minimum atomic E-state index is 0.0955. The second-order valence-electron chi connectivity index (χ2n) is 3.59. The molecule has 0 bridgehead atoms. The Morgan fingerprint density at radius 1 is 0.889 bits per heavy atom. The summed E-state index contributed by atoms with van der Waals surface area (Å²) in [4.78, 5) is 22.3. The third-order valence-electron chi connectivity index (χ3n) is 2.17. The van der Waals surface area contributed by atoms with E-state index in [0.717, 1.165) is 19.5 Å². The van der Waals surface area contributed by atoms with Gasteiger partial charge in [0, 0.05) is 21.9 Å². The largest absolute Gasteiger partial charge is 0.294 e. The molecule has 2 heterocycles. The van der Waals surface area contributed by atoms with Crippen LogP contribution < -0.4 is 0 Å². The van der Waals surface area contributed by atoms with Crippen LogP contribution in [0.2, 0.25) is 0 Å². The highest BCUT2D eigenvalue weighted by molar-refractivity contribution is 8.77. The number of carbonyl (C=O) groups is 2. The topological polar surface area (TPSA) is 34.1 Å². The Balaban J connectivity index is 1.97. The molecule has 0 amide bonds. The maximum Gasteiger partial charge on any atom is 0.160 e. The van der Waals surface area contributed by atoms with E-state index < -0.39 is 0 Å². The number of carbonyl (C=O) groups excluding carboxylic acids is 2. The molecule has 0 aliphatic carbocycles. The molecule has 0 fully saturated rings. The van der Waals surface area contributed by atoms with Crippen LogP contribution in [0, 0.1) is 0 Å². The van der Waals surface area contributed by atoms with Gasteiger partial charge in [-0.25, -0.2) is 0 Å². The molecule has 94 valence electrons. The molecule has 0 radical (unpaired) electrons. The lowest BCUT2D eigenvalue weighted by Crippen LogP contribution is -1.85. The third-order valence-corrected chi connectivity index (χ3v) is 7.30. The highest BCUT2D eigenvalue weighted by atomic mass is 33.1. The molecule has 0 aliphatic rings. The quantitative estimate of drug-likeness (QED) is 0.573. The molecule has 0 saturated carbocycles. The summed E-state index contributed by atoms with van der Waals surface area (Å²) in [7, 11) is 3.24. The number of ketones is 2. The molecular weight excluding hydrogens is 304 g/mol. The van der Waals surface area contributed by atoms with E-state index in [0.29, 0.717) is 0 Å². The summed E-state index contributed by atoms with van der Waals surface area (Å²) in [5.41, 5.74) is 1.53. The van der Waals surface area contributed by atoms with Crippen molar-refractivity contribution >= 4 is 55.8 Å². The summed E-state index contributed by atoms with van der Waals surface area (Å²) in [6, 6.07) is 3.81. The highest BCUT2D eigenvalue weighted by Gasteiger charge is 2.08. The fraction of sp³-hybridized carbons (Fsp3) is 0.167. The fourth-order valence-corrected chi connectivity index (χ4v) is 5.73. The number of rotatable bonds is 5. The molecule has 2 rings (SSSR count). The summed E-state index contributed by atoms with van der Waals surface area (Å²) in [6.45, 7) is 3.14. The molecule has 2 aromatic rings. The summed E-state index contributed by atoms with van der Waals surface area (Å²) in [5, 5.41) is 3.75. The van der Waals surface area contributed by atoms with Crippen molar-refractivity contribution in [2.75, 3.05) is 0 Å². The molecule has 0 unspecified atom stereocenters. The lowest BCUT2D eigenvalue weighted by Gasteiger charge is -1.93. The van der Waals surface area contributed by atoms with Gasteiger partial charge in [0.05, 0.1) is 8.42 Å². The number of hydrogen-bond acceptors (Lipinski definition) is 6. The Hall–Kier alpha value is -0.560. The van der Waals surface area contributed by atoms with Crippen molar-refractivity contribution in [3.8, 4) is 0 Å². The van der Waals surface area contributed by atoms with Gasteiger partial charge >= 0.3 is 0 Å².